The van der Waals surface area contributed by atoms with Crippen molar-refractivity contribution in [1.29, 1.82) is 0 Å². The number of carboxylic acids is 1. The molecule has 0 amide bonds. The van der Waals surface area contributed by atoms with Gasteiger partial charge in [-0.2, -0.15) is 0 Å². The first-order chi connectivity index (χ1) is 6.61. The van der Waals surface area contributed by atoms with E-state index in [1.54, 1.807) is 18.2 Å². The van der Waals surface area contributed by atoms with Gasteiger partial charge in [0.2, 0.25) is 0 Å². The van der Waals surface area contributed by atoms with Crippen molar-refractivity contribution < 1.29 is 49.0 Å². The summed E-state index contributed by atoms with van der Waals surface area (Å²) < 4.78 is 0. The van der Waals surface area contributed by atoms with Crippen LogP contribution in [0.25, 0.3) is 0 Å². The zero-order chi connectivity index (χ0) is 10.6. The molecular weight excluding hydrogens is 207 g/mol. The second-order valence-corrected chi connectivity index (χ2v) is 2.68. The summed E-state index contributed by atoms with van der Waals surface area (Å²) in [6.07, 6.45) is -0.646. The van der Waals surface area contributed by atoms with Crippen molar-refractivity contribution in [1.82, 2.24) is 0 Å². The molecule has 72 valence electrons. The third kappa shape index (κ3) is 4.38. The van der Waals surface area contributed by atoms with E-state index in [1.165, 1.54) is 12.1 Å². The van der Waals surface area contributed by atoms with E-state index in [9.17, 15) is 19.5 Å². The Morgan fingerprint density at radius 3 is 2.07 bits per heavy atom. The minimum atomic E-state index is -1.82. The second-order valence-electron chi connectivity index (χ2n) is 2.68. The van der Waals surface area contributed by atoms with E-state index in [0.717, 1.165) is 0 Å². The zero-order valence-corrected chi connectivity index (χ0v) is 10.2. The molecule has 0 aliphatic heterocycles. The number of Topliss-reactive ketones (excluding diaryl/α,β-unsaturated/α-hetero) is 2. The average molecular weight is 214 g/mol. The number of hydrogen-bond acceptors (Lipinski definition) is 4. The molecule has 0 N–H and O–H groups in total. The number of benzene rings is 1. The molecule has 1 aromatic rings. The van der Waals surface area contributed by atoms with Gasteiger partial charge in [0.1, 0.15) is 5.97 Å². The van der Waals surface area contributed by atoms with E-state index in [0.29, 0.717) is 5.56 Å². The van der Waals surface area contributed by atoms with Gasteiger partial charge in [-0.25, -0.2) is 0 Å². The van der Waals surface area contributed by atoms with Gasteiger partial charge in [-0.15, -0.1) is 0 Å². The Kier molecular flexibility index (Phi) is 6.08. The Morgan fingerprint density at radius 2 is 1.60 bits per heavy atom. The van der Waals surface area contributed by atoms with Crippen LogP contribution in [0.4, 0.5) is 0 Å². The van der Waals surface area contributed by atoms with Crippen LogP contribution in [0.2, 0.25) is 0 Å². The van der Waals surface area contributed by atoms with E-state index in [2.05, 4.69) is 0 Å². The zero-order valence-electron chi connectivity index (χ0n) is 8.23. The number of carbonyl (C=O) groups is 3. The summed E-state index contributed by atoms with van der Waals surface area (Å²) >= 11 is 0. The van der Waals surface area contributed by atoms with Crippen LogP contribution < -0.4 is 34.7 Å². The third-order valence-electron chi connectivity index (χ3n) is 1.64. The van der Waals surface area contributed by atoms with Gasteiger partial charge in [-0.1, -0.05) is 30.3 Å². The molecule has 5 heteroatoms. The number of hydrogen-bond donors (Lipinski definition) is 0. The van der Waals surface area contributed by atoms with E-state index in [1.807, 2.05) is 0 Å². The van der Waals surface area contributed by atoms with Crippen LogP contribution in [0.1, 0.15) is 16.8 Å². The Morgan fingerprint density at radius 1 is 1.07 bits per heavy atom. The molecule has 0 bridgehead atoms. The molecule has 0 saturated carbocycles. The quantitative estimate of drug-likeness (QED) is 0.226. The summed E-state index contributed by atoms with van der Waals surface area (Å²) in [6.45, 7) is 0. The Bertz CT molecular complexity index is 372. The molecule has 0 radical (unpaired) electrons. The standard InChI is InChI=1S/C10H8O4.Na/c11-8(6-9(12)10(13)14)7-4-2-1-3-5-7;/h1-5H,6H2,(H,13,14);/q;+1/p-1. The number of ketones is 2. The summed E-state index contributed by atoms with van der Waals surface area (Å²) in [5, 5.41) is 10.1. The molecule has 0 atom stereocenters. The normalized spacial score (nSPS) is 8.80. The van der Waals surface area contributed by atoms with Crippen molar-refractivity contribution in [3.63, 3.8) is 0 Å². The van der Waals surface area contributed by atoms with E-state index in [-0.39, 0.29) is 29.6 Å². The van der Waals surface area contributed by atoms with Crippen LogP contribution in [0.15, 0.2) is 30.3 Å². The number of aliphatic carboxylic acids is 1. The van der Waals surface area contributed by atoms with Gasteiger partial charge in [0.15, 0.2) is 11.6 Å². The topological polar surface area (TPSA) is 74.3 Å². The Hall–Kier alpha value is -0.970. The fraction of sp³-hybridized carbons (Fsp3) is 0.100. The second kappa shape index (κ2) is 6.50. The fourth-order valence-corrected chi connectivity index (χ4v) is 0.944. The van der Waals surface area contributed by atoms with Crippen LogP contribution in [0.5, 0.6) is 0 Å². The van der Waals surface area contributed by atoms with Gasteiger partial charge in [-0.05, 0) is 0 Å². The van der Waals surface area contributed by atoms with Crippen molar-refractivity contribution in [3.05, 3.63) is 35.9 Å². The Labute approximate surface area is 109 Å². The van der Waals surface area contributed by atoms with Gasteiger partial charge in [-0.3, -0.25) is 9.59 Å². The maximum absolute atomic E-state index is 11.2. The van der Waals surface area contributed by atoms with Crippen molar-refractivity contribution in [2.45, 2.75) is 6.42 Å². The fourth-order valence-electron chi connectivity index (χ4n) is 0.944. The molecule has 0 heterocycles. The van der Waals surface area contributed by atoms with Gasteiger partial charge in [0.25, 0.3) is 0 Å². The largest absolute Gasteiger partial charge is 1.00 e. The van der Waals surface area contributed by atoms with Crippen molar-refractivity contribution in [2.24, 2.45) is 0 Å². The summed E-state index contributed by atoms with van der Waals surface area (Å²) in [7, 11) is 0. The molecule has 0 unspecified atom stereocenters. The number of carboxylic acid groups (broad SMARTS) is 1. The predicted molar refractivity (Wildman–Crippen MR) is 45.4 cm³/mol. The van der Waals surface area contributed by atoms with Crippen LogP contribution in [-0.2, 0) is 9.59 Å². The molecule has 4 nitrogen and oxygen atoms in total. The minimum Gasteiger partial charge on any atom is -0.542 e. The first kappa shape index (κ1) is 14.0. The summed E-state index contributed by atoms with van der Waals surface area (Å²) in [4.78, 5) is 31.9. The van der Waals surface area contributed by atoms with Crippen molar-refractivity contribution >= 4 is 17.5 Å². The first-order valence-electron chi connectivity index (χ1n) is 3.93. The van der Waals surface area contributed by atoms with Gasteiger partial charge in [0.05, 0.1) is 6.42 Å². The smallest absolute Gasteiger partial charge is 0.542 e. The Balaban J connectivity index is 0.00000196. The summed E-state index contributed by atoms with van der Waals surface area (Å²) in [5.74, 6) is -3.53. The maximum atomic E-state index is 11.2. The molecule has 0 aromatic heterocycles. The van der Waals surface area contributed by atoms with Crippen LogP contribution in [-0.4, -0.2) is 17.5 Å². The van der Waals surface area contributed by atoms with Gasteiger partial charge < -0.3 is 9.90 Å². The van der Waals surface area contributed by atoms with Crippen LogP contribution >= 0.6 is 0 Å². The van der Waals surface area contributed by atoms with E-state index >= 15 is 0 Å². The van der Waals surface area contributed by atoms with Crippen molar-refractivity contribution in [3.8, 4) is 0 Å². The van der Waals surface area contributed by atoms with Gasteiger partial charge >= 0.3 is 29.6 Å². The van der Waals surface area contributed by atoms with Crippen LogP contribution in [0, 0.1) is 0 Å². The molecule has 0 spiro atoms. The third-order valence-corrected chi connectivity index (χ3v) is 1.64. The predicted octanol–water partition coefficient (Wildman–Crippen LogP) is -3.42. The molecule has 1 rings (SSSR count). The van der Waals surface area contributed by atoms with E-state index in [4.69, 9.17) is 0 Å². The average Bonchev–Trinajstić information content (AvgIpc) is 2.19. The van der Waals surface area contributed by atoms with Gasteiger partial charge in [0, 0.05) is 5.56 Å². The number of rotatable bonds is 4. The molecule has 0 aliphatic rings. The first-order valence-corrected chi connectivity index (χ1v) is 3.93. The maximum Gasteiger partial charge on any atom is 1.00 e. The molecular formula is C10H7NaO4. The molecule has 0 saturated heterocycles. The SMILES string of the molecule is O=C([O-])C(=O)CC(=O)c1ccccc1.[Na+]. The molecule has 15 heavy (non-hydrogen) atoms. The molecule has 0 fully saturated rings. The molecule has 1 aromatic carbocycles. The monoisotopic (exact) mass is 214 g/mol. The van der Waals surface area contributed by atoms with E-state index < -0.39 is 24.0 Å². The summed E-state index contributed by atoms with van der Waals surface area (Å²) in [6, 6.07) is 8.03. The van der Waals surface area contributed by atoms with Crippen molar-refractivity contribution in [2.75, 3.05) is 0 Å². The van der Waals surface area contributed by atoms with Crippen LogP contribution in [0.3, 0.4) is 0 Å². The minimum absolute atomic E-state index is 0. The summed E-state index contributed by atoms with van der Waals surface area (Å²) in [5.41, 5.74) is 0.321. The molecule has 0 aliphatic carbocycles. The number of carbonyl (C=O) groups excluding carboxylic acids is 3.